The number of rotatable bonds is 8. The van der Waals surface area contributed by atoms with Gasteiger partial charge in [-0.05, 0) is 24.1 Å². The van der Waals surface area contributed by atoms with E-state index in [2.05, 4.69) is 18.8 Å². The van der Waals surface area contributed by atoms with Gasteiger partial charge < -0.3 is 9.84 Å². The van der Waals surface area contributed by atoms with Crippen LogP contribution in [0.5, 0.6) is 0 Å². The summed E-state index contributed by atoms with van der Waals surface area (Å²) in [5.74, 6) is 1.00. The monoisotopic (exact) mass is 356 g/mol. The predicted molar refractivity (Wildman–Crippen MR) is 94.5 cm³/mol. The van der Waals surface area contributed by atoms with Crippen molar-refractivity contribution in [3.63, 3.8) is 0 Å². The maximum atomic E-state index is 12.8. The summed E-state index contributed by atoms with van der Waals surface area (Å²) in [5, 5.41) is 10.5. The van der Waals surface area contributed by atoms with Crippen molar-refractivity contribution in [3.05, 3.63) is 33.6 Å². The fourth-order valence-electron chi connectivity index (χ4n) is 2.17. The van der Waals surface area contributed by atoms with Gasteiger partial charge in [0.25, 0.3) is 5.56 Å². The zero-order valence-corrected chi connectivity index (χ0v) is 14.9. The molecule has 2 aromatic rings. The number of benzene rings is 1. The van der Waals surface area contributed by atoms with Crippen LogP contribution >= 0.6 is 23.4 Å². The van der Waals surface area contributed by atoms with Gasteiger partial charge in [-0.15, -0.1) is 0 Å². The Morgan fingerprint density at radius 3 is 2.87 bits per heavy atom. The minimum atomic E-state index is -0.0648. The topological polar surface area (TPSA) is 64.3 Å². The van der Waals surface area contributed by atoms with E-state index in [1.54, 1.807) is 22.8 Å². The van der Waals surface area contributed by atoms with Crippen molar-refractivity contribution in [2.75, 3.05) is 25.6 Å². The maximum Gasteiger partial charge on any atom is 0.262 e. The van der Waals surface area contributed by atoms with Gasteiger partial charge in [0.15, 0.2) is 5.16 Å². The smallest absolute Gasteiger partial charge is 0.262 e. The van der Waals surface area contributed by atoms with Crippen LogP contribution in [0.4, 0.5) is 0 Å². The third kappa shape index (κ3) is 4.94. The lowest BCUT2D eigenvalue weighted by Crippen LogP contribution is -2.25. The number of aliphatic hydroxyl groups is 1. The van der Waals surface area contributed by atoms with Gasteiger partial charge in [-0.25, -0.2) is 4.98 Å². The van der Waals surface area contributed by atoms with E-state index in [9.17, 15) is 4.79 Å². The fourth-order valence-corrected chi connectivity index (χ4v) is 3.20. The summed E-state index contributed by atoms with van der Waals surface area (Å²) in [5.41, 5.74) is 0.586. The van der Waals surface area contributed by atoms with Crippen LogP contribution in [-0.2, 0) is 11.3 Å². The second-order valence-electron chi connectivity index (χ2n) is 5.55. The fraction of sp³-hybridized carbons (Fsp3) is 0.500. The highest BCUT2D eigenvalue weighted by molar-refractivity contribution is 7.99. The molecule has 1 aromatic carbocycles. The Morgan fingerprint density at radius 2 is 2.17 bits per heavy atom. The van der Waals surface area contributed by atoms with Gasteiger partial charge in [-0.3, -0.25) is 9.36 Å². The Labute approximate surface area is 144 Å². The highest BCUT2D eigenvalue weighted by atomic mass is 35.5. The molecule has 0 atom stereocenters. The first kappa shape index (κ1) is 18.3. The van der Waals surface area contributed by atoms with Crippen molar-refractivity contribution in [1.29, 1.82) is 0 Å². The van der Waals surface area contributed by atoms with E-state index < -0.39 is 0 Å². The van der Waals surface area contributed by atoms with Crippen molar-refractivity contribution in [1.82, 2.24) is 9.55 Å². The lowest BCUT2D eigenvalue weighted by Gasteiger charge is -2.15. The maximum absolute atomic E-state index is 12.8. The molecule has 2 rings (SSSR count). The molecular weight excluding hydrogens is 336 g/mol. The summed E-state index contributed by atoms with van der Waals surface area (Å²) in [6.45, 7) is 5.57. The third-order valence-corrected chi connectivity index (χ3v) is 4.30. The van der Waals surface area contributed by atoms with E-state index in [0.717, 1.165) is 0 Å². The molecule has 0 radical (unpaired) electrons. The molecule has 0 aliphatic rings. The van der Waals surface area contributed by atoms with E-state index in [-0.39, 0.29) is 12.2 Å². The van der Waals surface area contributed by atoms with Crippen LogP contribution in [-0.4, -0.2) is 40.2 Å². The van der Waals surface area contributed by atoms with Crippen molar-refractivity contribution in [3.8, 4) is 0 Å². The number of hydrogen-bond donors (Lipinski definition) is 1. The molecule has 0 saturated carbocycles. The number of fused-ring (bicyclic) bond motifs is 1. The van der Waals surface area contributed by atoms with Gasteiger partial charge >= 0.3 is 0 Å². The summed E-state index contributed by atoms with van der Waals surface area (Å²) >= 11 is 7.49. The lowest BCUT2D eigenvalue weighted by molar-refractivity contribution is 0.103. The van der Waals surface area contributed by atoms with Crippen LogP contribution in [0.3, 0.4) is 0 Å². The number of hydrogen-bond acceptors (Lipinski definition) is 5. The van der Waals surface area contributed by atoms with E-state index in [0.29, 0.717) is 52.5 Å². The average molecular weight is 357 g/mol. The first-order valence-corrected chi connectivity index (χ1v) is 8.90. The molecule has 0 bridgehead atoms. The van der Waals surface area contributed by atoms with Crippen LogP contribution < -0.4 is 5.56 Å². The average Bonchev–Trinajstić information content (AvgIpc) is 2.51. The second-order valence-corrected chi connectivity index (χ2v) is 7.05. The number of aromatic nitrogens is 2. The van der Waals surface area contributed by atoms with Crippen molar-refractivity contribution in [2.24, 2.45) is 5.92 Å². The molecule has 5 nitrogen and oxygen atoms in total. The van der Waals surface area contributed by atoms with E-state index >= 15 is 0 Å². The number of aliphatic hydroxyl groups excluding tert-OH is 1. The molecule has 0 fully saturated rings. The first-order chi connectivity index (χ1) is 11.0. The molecule has 7 heteroatoms. The summed E-state index contributed by atoms with van der Waals surface area (Å²) < 4.78 is 6.96. The minimum absolute atomic E-state index is 0.0116. The van der Waals surface area contributed by atoms with Gasteiger partial charge in [-0.2, -0.15) is 0 Å². The molecule has 0 amide bonds. The summed E-state index contributed by atoms with van der Waals surface area (Å²) in [7, 11) is 0. The highest BCUT2D eigenvalue weighted by Crippen LogP contribution is 2.21. The Balaban J connectivity index is 2.32. The van der Waals surface area contributed by atoms with Crippen molar-refractivity contribution < 1.29 is 9.84 Å². The quantitative estimate of drug-likeness (QED) is 0.447. The van der Waals surface area contributed by atoms with Crippen molar-refractivity contribution in [2.45, 2.75) is 25.5 Å². The van der Waals surface area contributed by atoms with Gasteiger partial charge in [0, 0.05) is 17.3 Å². The molecule has 1 aromatic heterocycles. The summed E-state index contributed by atoms with van der Waals surface area (Å²) in [4.78, 5) is 17.4. The van der Waals surface area contributed by atoms with Gasteiger partial charge in [0.05, 0.1) is 30.7 Å². The van der Waals surface area contributed by atoms with Crippen LogP contribution in [0.2, 0.25) is 5.02 Å². The molecule has 1 heterocycles. The van der Waals surface area contributed by atoms with E-state index in [1.807, 2.05) is 0 Å². The normalized spacial score (nSPS) is 11.5. The molecule has 1 N–H and O–H groups in total. The lowest BCUT2D eigenvalue weighted by atomic mass is 10.2. The molecule has 0 aliphatic carbocycles. The van der Waals surface area contributed by atoms with Gasteiger partial charge in [-0.1, -0.05) is 37.2 Å². The second kappa shape index (κ2) is 8.68. The van der Waals surface area contributed by atoms with Crippen LogP contribution in [0.15, 0.2) is 28.2 Å². The van der Waals surface area contributed by atoms with Crippen LogP contribution in [0.25, 0.3) is 10.9 Å². The molecule has 0 saturated heterocycles. The molecular formula is C16H21ClN2O3S. The highest BCUT2D eigenvalue weighted by Gasteiger charge is 2.13. The summed E-state index contributed by atoms with van der Waals surface area (Å²) in [6.07, 6.45) is 0. The van der Waals surface area contributed by atoms with Crippen molar-refractivity contribution >= 4 is 34.3 Å². The molecule has 23 heavy (non-hydrogen) atoms. The molecule has 0 unspecified atom stereocenters. The van der Waals surface area contributed by atoms with Gasteiger partial charge in [0.1, 0.15) is 0 Å². The zero-order valence-electron chi connectivity index (χ0n) is 13.3. The molecule has 0 spiro atoms. The number of ether oxygens (including phenoxy) is 1. The third-order valence-electron chi connectivity index (χ3n) is 3.12. The molecule has 126 valence electrons. The summed E-state index contributed by atoms with van der Waals surface area (Å²) in [6, 6.07) is 5.18. The Kier molecular flexibility index (Phi) is 6.89. The zero-order chi connectivity index (χ0) is 16.8. The Bertz CT molecular complexity index is 718. The minimum Gasteiger partial charge on any atom is -0.394 e. The number of thioether (sulfide) groups is 1. The number of halogens is 1. The van der Waals surface area contributed by atoms with Gasteiger partial charge in [0.2, 0.25) is 0 Å². The molecule has 0 aliphatic heterocycles. The van der Waals surface area contributed by atoms with E-state index in [1.165, 1.54) is 11.8 Å². The van der Waals surface area contributed by atoms with E-state index in [4.69, 9.17) is 21.4 Å². The number of nitrogens with zero attached hydrogens (tertiary/aromatic N) is 2. The largest absolute Gasteiger partial charge is 0.394 e. The first-order valence-electron chi connectivity index (χ1n) is 7.54. The SMILES string of the molecule is CC(C)Cn1c(SCCOCCO)nc2ccc(Cl)cc2c1=O. The van der Waals surface area contributed by atoms with Crippen LogP contribution in [0.1, 0.15) is 13.8 Å². The standard InChI is InChI=1S/C16H21ClN2O3S/c1-11(2)10-19-15(21)13-9-12(17)3-4-14(13)18-16(19)23-8-7-22-6-5-20/h3-4,9,11,20H,5-8,10H2,1-2H3. The van der Waals surface area contributed by atoms with Crippen LogP contribution in [0, 0.1) is 5.92 Å². The Hall–Kier alpha value is -1.08. The Morgan fingerprint density at radius 1 is 1.39 bits per heavy atom. The predicted octanol–water partition coefficient (Wildman–Crippen LogP) is 2.81.